The molecule has 0 spiro atoms. The lowest BCUT2D eigenvalue weighted by molar-refractivity contribution is -0.137. The highest BCUT2D eigenvalue weighted by atomic mass is 19.1. The lowest BCUT2D eigenvalue weighted by atomic mass is 10.1. The van der Waals surface area contributed by atoms with E-state index in [0.29, 0.717) is 18.5 Å². The minimum absolute atomic E-state index is 0.0464. The monoisotopic (exact) mass is 345 g/mol. The van der Waals surface area contributed by atoms with Gasteiger partial charge in [-0.25, -0.2) is 4.39 Å². The van der Waals surface area contributed by atoms with Crippen molar-refractivity contribution in [3.05, 3.63) is 59.9 Å². The second-order valence-electron chi connectivity index (χ2n) is 5.52. The van der Waals surface area contributed by atoms with Crippen molar-refractivity contribution in [1.29, 1.82) is 0 Å². The van der Waals surface area contributed by atoms with Gasteiger partial charge in [-0.3, -0.25) is 9.59 Å². The van der Waals surface area contributed by atoms with Crippen LogP contribution in [0.25, 0.3) is 0 Å². The first-order valence-corrected chi connectivity index (χ1v) is 8.02. The first-order chi connectivity index (χ1) is 12.0. The van der Waals surface area contributed by atoms with Crippen molar-refractivity contribution in [2.75, 3.05) is 11.9 Å². The fraction of sp³-hybridized carbons (Fsp3) is 0.263. The van der Waals surface area contributed by atoms with Gasteiger partial charge in [-0.05, 0) is 42.7 Å². The normalized spacial score (nSPS) is 10.3. The van der Waals surface area contributed by atoms with Gasteiger partial charge in [-0.15, -0.1) is 0 Å². The van der Waals surface area contributed by atoms with Crippen LogP contribution in [-0.2, 0) is 16.0 Å². The second-order valence-corrected chi connectivity index (χ2v) is 5.52. The summed E-state index contributed by atoms with van der Waals surface area (Å²) >= 11 is 0. The van der Waals surface area contributed by atoms with Crippen molar-refractivity contribution in [3.8, 4) is 5.75 Å². The Balaban J connectivity index is 1.74. The standard InChI is InChI=1S/C19H20FNO4/c20-16-7-1-2-8-17(16)25-12-4-9-18(22)21-15-6-3-5-14(13-15)10-11-19(23)24/h1-3,5-8,13H,4,9-12H2,(H,21,22)(H,23,24). The van der Waals surface area contributed by atoms with Gasteiger partial charge in [0.15, 0.2) is 11.6 Å². The van der Waals surface area contributed by atoms with Gasteiger partial charge in [0.1, 0.15) is 0 Å². The zero-order valence-corrected chi connectivity index (χ0v) is 13.7. The Bertz CT molecular complexity index is 733. The maximum atomic E-state index is 13.4. The summed E-state index contributed by atoms with van der Waals surface area (Å²) in [6, 6.07) is 13.2. The molecular weight excluding hydrogens is 325 g/mol. The van der Waals surface area contributed by atoms with Gasteiger partial charge in [-0.2, -0.15) is 0 Å². The zero-order chi connectivity index (χ0) is 18.1. The highest BCUT2D eigenvalue weighted by Gasteiger charge is 2.06. The molecule has 0 aliphatic carbocycles. The number of carboxylic acids is 1. The third-order valence-electron chi connectivity index (χ3n) is 3.48. The van der Waals surface area contributed by atoms with Crippen LogP contribution in [0.15, 0.2) is 48.5 Å². The smallest absolute Gasteiger partial charge is 0.303 e. The Labute approximate surface area is 145 Å². The number of hydrogen-bond donors (Lipinski definition) is 2. The number of nitrogens with one attached hydrogen (secondary N) is 1. The molecule has 0 unspecified atom stereocenters. The van der Waals surface area contributed by atoms with Crippen molar-refractivity contribution in [3.63, 3.8) is 0 Å². The van der Waals surface area contributed by atoms with E-state index in [4.69, 9.17) is 9.84 Å². The molecule has 0 saturated heterocycles. The minimum Gasteiger partial charge on any atom is -0.491 e. The number of aryl methyl sites for hydroxylation is 1. The summed E-state index contributed by atoms with van der Waals surface area (Å²) in [5.41, 5.74) is 1.48. The van der Waals surface area contributed by atoms with Gasteiger partial charge < -0.3 is 15.2 Å². The molecule has 132 valence electrons. The molecule has 0 aromatic heterocycles. The first kappa shape index (κ1) is 18.4. The highest BCUT2D eigenvalue weighted by Crippen LogP contribution is 2.16. The summed E-state index contributed by atoms with van der Waals surface area (Å²) in [6.07, 6.45) is 1.16. The van der Waals surface area contributed by atoms with Crippen LogP contribution in [-0.4, -0.2) is 23.6 Å². The Morgan fingerprint density at radius 1 is 1.08 bits per heavy atom. The number of carbonyl (C=O) groups excluding carboxylic acids is 1. The van der Waals surface area contributed by atoms with Crippen LogP contribution < -0.4 is 10.1 Å². The van der Waals surface area contributed by atoms with Crippen LogP contribution in [0.5, 0.6) is 5.75 Å². The summed E-state index contributed by atoms with van der Waals surface area (Å²) in [5, 5.41) is 11.5. The molecule has 6 heteroatoms. The number of carbonyl (C=O) groups is 2. The summed E-state index contributed by atoms with van der Waals surface area (Å²) in [6.45, 7) is 0.243. The zero-order valence-electron chi connectivity index (χ0n) is 13.7. The van der Waals surface area contributed by atoms with Crippen LogP contribution in [0.1, 0.15) is 24.8 Å². The van der Waals surface area contributed by atoms with Crippen LogP contribution in [0, 0.1) is 5.82 Å². The lowest BCUT2D eigenvalue weighted by Crippen LogP contribution is -2.13. The van der Waals surface area contributed by atoms with Crippen molar-refractivity contribution in [1.82, 2.24) is 0 Å². The topological polar surface area (TPSA) is 75.6 Å². The van der Waals surface area contributed by atoms with E-state index in [0.717, 1.165) is 5.56 Å². The van der Waals surface area contributed by atoms with Crippen molar-refractivity contribution < 1.29 is 23.8 Å². The molecule has 0 atom stereocenters. The van der Waals surface area contributed by atoms with E-state index in [1.807, 2.05) is 6.07 Å². The third kappa shape index (κ3) is 6.63. The van der Waals surface area contributed by atoms with E-state index in [1.165, 1.54) is 12.1 Å². The molecule has 0 saturated carbocycles. The van der Waals surface area contributed by atoms with Crippen molar-refractivity contribution >= 4 is 17.6 Å². The van der Waals surface area contributed by atoms with Crippen molar-refractivity contribution in [2.24, 2.45) is 0 Å². The highest BCUT2D eigenvalue weighted by molar-refractivity contribution is 5.90. The largest absolute Gasteiger partial charge is 0.491 e. The number of aliphatic carboxylic acids is 1. The maximum absolute atomic E-state index is 13.4. The molecule has 0 aliphatic heterocycles. The average molecular weight is 345 g/mol. The van der Waals surface area contributed by atoms with Gasteiger partial charge in [0.05, 0.1) is 6.61 Å². The summed E-state index contributed by atoms with van der Waals surface area (Å²) < 4.78 is 18.7. The van der Waals surface area contributed by atoms with Crippen LogP contribution in [0.2, 0.25) is 0 Å². The molecule has 0 fully saturated rings. The molecule has 0 radical (unpaired) electrons. The number of para-hydroxylation sites is 1. The SMILES string of the molecule is O=C(O)CCc1cccc(NC(=O)CCCOc2ccccc2F)c1. The molecule has 2 rings (SSSR count). The van der Waals surface area contributed by atoms with Gasteiger partial charge in [0.2, 0.25) is 5.91 Å². The molecular formula is C19H20FNO4. The number of hydrogen-bond acceptors (Lipinski definition) is 3. The second kappa shape index (κ2) is 9.42. The molecule has 2 aromatic rings. The maximum Gasteiger partial charge on any atom is 0.303 e. The predicted octanol–water partition coefficient (Wildman–Crippen LogP) is 3.64. The Kier molecular flexibility index (Phi) is 6.95. The van der Waals surface area contributed by atoms with E-state index in [-0.39, 0.29) is 31.1 Å². The third-order valence-corrected chi connectivity index (χ3v) is 3.48. The van der Waals surface area contributed by atoms with Gasteiger partial charge in [0.25, 0.3) is 0 Å². The van der Waals surface area contributed by atoms with Crippen LogP contribution in [0.3, 0.4) is 0 Å². The number of benzene rings is 2. The van der Waals surface area contributed by atoms with Gasteiger partial charge in [0, 0.05) is 18.5 Å². The summed E-state index contributed by atoms with van der Waals surface area (Å²) in [7, 11) is 0. The van der Waals surface area contributed by atoms with E-state index in [1.54, 1.807) is 30.3 Å². The number of halogens is 1. The van der Waals surface area contributed by atoms with E-state index in [9.17, 15) is 14.0 Å². The summed E-state index contributed by atoms with van der Waals surface area (Å²) in [5.74, 6) is -1.28. The van der Waals surface area contributed by atoms with E-state index in [2.05, 4.69) is 5.32 Å². The Hall–Kier alpha value is -2.89. The van der Waals surface area contributed by atoms with Gasteiger partial charge in [-0.1, -0.05) is 24.3 Å². The quantitative estimate of drug-likeness (QED) is 0.680. The van der Waals surface area contributed by atoms with E-state index >= 15 is 0 Å². The van der Waals surface area contributed by atoms with E-state index < -0.39 is 11.8 Å². The first-order valence-electron chi connectivity index (χ1n) is 8.02. The molecule has 2 aromatic carbocycles. The molecule has 5 nitrogen and oxygen atoms in total. The number of anilines is 1. The van der Waals surface area contributed by atoms with Gasteiger partial charge >= 0.3 is 5.97 Å². The number of carboxylic acid groups (broad SMARTS) is 1. The molecule has 2 N–H and O–H groups in total. The molecule has 0 heterocycles. The van der Waals surface area contributed by atoms with Crippen LogP contribution in [0.4, 0.5) is 10.1 Å². The van der Waals surface area contributed by atoms with Crippen molar-refractivity contribution in [2.45, 2.75) is 25.7 Å². The minimum atomic E-state index is -0.857. The molecule has 1 amide bonds. The predicted molar refractivity (Wildman–Crippen MR) is 92.2 cm³/mol. The average Bonchev–Trinajstić information content (AvgIpc) is 2.59. The fourth-order valence-electron chi connectivity index (χ4n) is 2.26. The lowest BCUT2D eigenvalue weighted by Gasteiger charge is -2.08. The number of amides is 1. The molecule has 25 heavy (non-hydrogen) atoms. The fourth-order valence-corrected chi connectivity index (χ4v) is 2.26. The molecule has 0 aliphatic rings. The van der Waals surface area contributed by atoms with Crippen LogP contribution >= 0.6 is 0 Å². The number of ether oxygens (including phenoxy) is 1. The Morgan fingerprint density at radius 3 is 2.64 bits per heavy atom. The number of rotatable bonds is 9. The molecule has 0 bridgehead atoms. The Morgan fingerprint density at radius 2 is 1.88 bits per heavy atom. The summed E-state index contributed by atoms with van der Waals surface area (Å²) in [4.78, 5) is 22.5.